The summed E-state index contributed by atoms with van der Waals surface area (Å²) in [7, 11) is -8.27. The molecule has 2 saturated heterocycles. The van der Waals surface area contributed by atoms with Gasteiger partial charge < -0.3 is 69.8 Å². The summed E-state index contributed by atoms with van der Waals surface area (Å²) < 4.78 is 106. The molecule has 530 valence electrons. The normalized spacial score (nSPS) is 21.5. The molecular formula is C70H96N8O17S2. The van der Waals surface area contributed by atoms with Crippen LogP contribution >= 0.6 is 0 Å². The smallest absolute Gasteiger partial charge is 0.407 e. The van der Waals surface area contributed by atoms with Crippen molar-refractivity contribution < 1.29 is 79.3 Å². The molecule has 7 N–H and O–H groups in total. The minimum atomic E-state index is -4.17. The number of carbonyl (C=O) groups is 3. The summed E-state index contributed by atoms with van der Waals surface area (Å²) in [4.78, 5) is 42.7. The van der Waals surface area contributed by atoms with E-state index in [1.54, 1.807) is 18.3 Å². The Morgan fingerprint density at radius 2 is 1.08 bits per heavy atom. The van der Waals surface area contributed by atoms with Gasteiger partial charge in [0.05, 0.1) is 59.5 Å². The zero-order chi connectivity index (χ0) is 68.7. The predicted molar refractivity (Wildman–Crippen MR) is 359 cm³/mol. The van der Waals surface area contributed by atoms with Gasteiger partial charge in [-0.15, -0.1) is 0 Å². The number of hydrogen-bond acceptors (Lipinski definition) is 19. The fraction of sp³-hybridized carbons (Fsp3) is 0.571. The van der Waals surface area contributed by atoms with Crippen molar-refractivity contribution in [3.63, 3.8) is 0 Å². The molecule has 0 bridgehead atoms. The molecule has 3 amide bonds. The summed E-state index contributed by atoms with van der Waals surface area (Å²) in [6.07, 6.45) is 11.0. The van der Waals surface area contributed by atoms with Gasteiger partial charge in [0.25, 0.3) is 0 Å². The number of aliphatic hydroxyl groups excluding tert-OH is 2. The van der Waals surface area contributed by atoms with Gasteiger partial charge >= 0.3 is 18.2 Å². The summed E-state index contributed by atoms with van der Waals surface area (Å²) in [5.74, 6) is 1.94. The third kappa shape index (κ3) is 19.6. The molecular weight excluding hydrogens is 1290 g/mol. The highest BCUT2D eigenvalue weighted by Gasteiger charge is 2.45. The van der Waals surface area contributed by atoms with E-state index in [0.29, 0.717) is 68.6 Å². The Morgan fingerprint density at radius 3 is 1.53 bits per heavy atom. The van der Waals surface area contributed by atoms with E-state index in [1.165, 1.54) is 50.0 Å². The highest BCUT2D eigenvalue weighted by molar-refractivity contribution is 7.89. The third-order valence-electron chi connectivity index (χ3n) is 19.1. The molecule has 1 aromatic heterocycles. The molecule has 10 atom stereocenters. The molecule has 6 aliphatic rings. The SMILES string of the molecule is CC(C)(CCCCN)CN(C[C@@H](O)[C@H](Cc1ccccc1)NC(=O)O[C@H]1CO[C@H]2CCC[C@H]21)S(=O)(=O)c1ccc2c(c1)OCO2.CC(C)(CCCCNC(=O)n1ccnc1)CN(C[C@@H](O)[C@H](Cc1ccccc1)NC(=O)O[C@H]1CO[C@H]2CCC[C@H]21)S(=O)(=O)c1ccc2c(c1)OCO2. The van der Waals surface area contributed by atoms with Crippen LogP contribution in [0, 0.1) is 22.7 Å². The molecule has 27 heteroatoms. The van der Waals surface area contributed by atoms with E-state index < -0.39 is 67.4 Å². The van der Waals surface area contributed by atoms with E-state index in [0.717, 1.165) is 68.9 Å². The van der Waals surface area contributed by atoms with Crippen LogP contribution in [0.15, 0.2) is 126 Å². The van der Waals surface area contributed by atoms with Crippen LogP contribution in [0.5, 0.6) is 23.0 Å². The second-order valence-electron chi connectivity index (χ2n) is 27.7. The maximum absolute atomic E-state index is 14.4. The monoisotopic (exact) mass is 1380 g/mol. The van der Waals surface area contributed by atoms with Gasteiger partial charge in [0.2, 0.25) is 33.6 Å². The van der Waals surface area contributed by atoms with Crippen molar-refractivity contribution in [1.29, 1.82) is 0 Å². The number of nitrogens with one attached hydrogen (secondary N) is 3. The van der Waals surface area contributed by atoms with Crippen molar-refractivity contribution >= 4 is 38.3 Å². The van der Waals surface area contributed by atoms with Crippen LogP contribution < -0.4 is 40.6 Å². The summed E-state index contributed by atoms with van der Waals surface area (Å²) in [6, 6.07) is 25.9. The summed E-state index contributed by atoms with van der Waals surface area (Å²) in [5.41, 5.74) is 6.51. The first-order chi connectivity index (χ1) is 46.5. The molecule has 0 radical (unpaired) electrons. The molecule has 5 aromatic rings. The van der Waals surface area contributed by atoms with Crippen molar-refractivity contribution in [3.8, 4) is 23.0 Å². The first kappa shape index (κ1) is 72.7. The number of nitrogens with two attached hydrogens (primary N) is 1. The average Bonchev–Trinajstić information content (AvgIpc) is 1.50. The van der Waals surface area contributed by atoms with Crippen molar-refractivity contribution in [2.45, 2.75) is 176 Å². The maximum atomic E-state index is 14.4. The lowest BCUT2D eigenvalue weighted by Gasteiger charge is -2.35. The number of rotatable bonds is 31. The van der Waals surface area contributed by atoms with Gasteiger partial charge in [-0.25, -0.2) is 36.2 Å². The number of benzene rings is 4. The molecule has 5 heterocycles. The molecule has 2 aliphatic carbocycles. The molecule has 4 aromatic carbocycles. The zero-order valence-corrected chi connectivity index (χ0v) is 57.5. The number of alkyl carbamates (subject to hydrolysis) is 2. The minimum Gasteiger partial charge on any atom is -0.454 e. The van der Waals surface area contributed by atoms with E-state index in [4.69, 9.17) is 43.6 Å². The van der Waals surface area contributed by atoms with Gasteiger partial charge in [-0.1, -0.05) is 114 Å². The fourth-order valence-electron chi connectivity index (χ4n) is 13.8. The summed E-state index contributed by atoms with van der Waals surface area (Å²) in [6.45, 7) is 9.37. The fourth-order valence-corrected chi connectivity index (χ4v) is 17.2. The number of carbonyl (C=O) groups excluding carboxylic acids is 3. The molecule has 11 rings (SSSR count). The van der Waals surface area contributed by atoms with Crippen molar-refractivity contribution in [3.05, 3.63) is 127 Å². The van der Waals surface area contributed by atoms with E-state index in [-0.39, 0.29) is 105 Å². The summed E-state index contributed by atoms with van der Waals surface area (Å²) >= 11 is 0. The highest BCUT2D eigenvalue weighted by Crippen LogP contribution is 2.41. The van der Waals surface area contributed by atoms with Gasteiger partial charge in [0.15, 0.2) is 23.0 Å². The molecule has 0 spiro atoms. The number of fused-ring (bicyclic) bond motifs is 4. The molecule has 97 heavy (non-hydrogen) atoms. The van der Waals surface area contributed by atoms with Crippen molar-refractivity contribution in [2.75, 3.05) is 66.1 Å². The lowest BCUT2D eigenvalue weighted by atomic mass is 9.87. The summed E-state index contributed by atoms with van der Waals surface area (Å²) in [5, 5.41) is 32.2. The van der Waals surface area contributed by atoms with Crippen LogP contribution in [0.1, 0.15) is 116 Å². The van der Waals surface area contributed by atoms with Crippen LogP contribution in [0.3, 0.4) is 0 Å². The maximum Gasteiger partial charge on any atom is 0.407 e. The first-order valence-corrected chi connectivity index (χ1v) is 36.8. The van der Waals surface area contributed by atoms with Crippen LogP contribution in [-0.2, 0) is 51.8 Å². The van der Waals surface area contributed by atoms with E-state index in [2.05, 4.69) is 20.9 Å². The van der Waals surface area contributed by atoms with Crippen LogP contribution in [-0.4, -0.2) is 178 Å². The lowest BCUT2D eigenvalue weighted by molar-refractivity contribution is 0.0506. The first-order valence-electron chi connectivity index (χ1n) is 33.9. The van der Waals surface area contributed by atoms with Gasteiger partial charge in [0.1, 0.15) is 18.5 Å². The largest absolute Gasteiger partial charge is 0.454 e. The number of imidazole rings is 1. The Bertz CT molecular complexity index is 3610. The predicted octanol–water partition coefficient (Wildman–Crippen LogP) is 8.15. The van der Waals surface area contributed by atoms with Crippen molar-refractivity contribution in [1.82, 2.24) is 34.1 Å². The van der Waals surface area contributed by atoms with E-state index in [1.807, 2.05) is 88.4 Å². The highest BCUT2D eigenvalue weighted by atomic mass is 32.2. The Morgan fingerprint density at radius 1 is 0.629 bits per heavy atom. The van der Waals surface area contributed by atoms with Gasteiger partial charge in [-0.2, -0.15) is 8.61 Å². The second kappa shape index (κ2) is 33.2. The number of aliphatic hydroxyl groups is 2. The lowest BCUT2D eigenvalue weighted by Crippen LogP contribution is -2.52. The number of hydrogen-bond donors (Lipinski definition) is 6. The Hall–Kier alpha value is -7.08. The second-order valence-corrected chi connectivity index (χ2v) is 31.6. The Balaban J connectivity index is 0.000000213. The van der Waals surface area contributed by atoms with Crippen LogP contribution in [0.4, 0.5) is 14.4 Å². The minimum absolute atomic E-state index is 0.00120. The third-order valence-corrected chi connectivity index (χ3v) is 22.7. The molecule has 2 saturated carbocycles. The number of ether oxygens (including phenoxy) is 8. The molecule has 4 fully saturated rings. The number of aromatic nitrogens is 2. The average molecular weight is 1390 g/mol. The number of amides is 3. The quantitative estimate of drug-likeness (QED) is 0.0228. The van der Waals surface area contributed by atoms with E-state index >= 15 is 0 Å². The number of sulfonamides is 2. The van der Waals surface area contributed by atoms with E-state index in [9.17, 15) is 41.4 Å². The van der Waals surface area contributed by atoms with Gasteiger partial charge in [0, 0.05) is 69.1 Å². The van der Waals surface area contributed by atoms with Crippen LogP contribution in [0.25, 0.3) is 0 Å². The number of nitrogens with zero attached hydrogens (tertiary/aromatic N) is 4. The Kier molecular flexibility index (Phi) is 24.9. The standard InChI is InChI=1S/C37H49N5O9S.C33H47N3O8S/c1-37(2,15-6-7-16-39-35(44)41-18-17-38-24-41)23-42(52(46,47)27-13-14-32-33(20-27)50-25-49-32)21-30(43)29(19-26-9-4-3-5-10-26)40-36(45)51-34-22-48-31-12-8-11-28(31)34;1-33(2,15-6-7-16-34)21-36(45(39,40)24-13-14-29-30(18-24)43-22-42-29)19-27(37)26(17-23-9-4-3-5-10-23)35-32(38)44-31-20-41-28-12-8-11-25(28)31/h3-5,9-10,13-14,17-18,20,24,28-31,34,43H,6-8,11-12,15-16,19,21-23,25H2,1-2H3,(H,39,44)(H,40,45);3-5,9-10,13-14,18,25-28,31,37H,6-8,11-12,15-17,19-22,34H2,1-2H3,(H,35,38)/t28-,29+,30-,31+,34+;25-,26+,27-,28+,31+/m11/s1. The van der Waals surface area contributed by atoms with Gasteiger partial charge in [-0.3, -0.25) is 4.57 Å². The molecule has 25 nitrogen and oxygen atoms in total. The number of unbranched alkanes of at least 4 members (excludes halogenated alkanes) is 2. The van der Waals surface area contributed by atoms with Crippen molar-refractivity contribution in [2.24, 2.45) is 28.4 Å². The zero-order valence-electron chi connectivity index (χ0n) is 55.9. The molecule has 0 unspecified atom stereocenters. The Labute approximate surface area is 569 Å². The topological polar surface area (TPSA) is 320 Å². The van der Waals surface area contributed by atoms with Crippen LogP contribution in [0.2, 0.25) is 0 Å². The van der Waals surface area contributed by atoms with Gasteiger partial charge in [-0.05, 0) is 117 Å². The molecule has 4 aliphatic heterocycles.